The third-order valence-corrected chi connectivity index (χ3v) is 2.93. The van der Waals surface area contributed by atoms with Crippen molar-refractivity contribution in [3.8, 4) is 0 Å². The summed E-state index contributed by atoms with van der Waals surface area (Å²) in [6, 6.07) is 0. The Hall–Kier alpha value is -1.35. The van der Waals surface area contributed by atoms with Crippen LogP contribution in [-0.4, -0.2) is 22.8 Å². The quantitative estimate of drug-likeness (QED) is 0.541. The smallest absolute Gasteiger partial charge is 0.303 e. The van der Waals surface area contributed by atoms with E-state index >= 15 is 0 Å². The van der Waals surface area contributed by atoms with E-state index in [1.165, 1.54) is 18.6 Å². The first-order chi connectivity index (χ1) is 9.16. The lowest BCUT2D eigenvalue weighted by Gasteiger charge is -2.24. The molecule has 0 radical (unpaired) electrons. The van der Waals surface area contributed by atoms with Crippen LogP contribution in [0.2, 0.25) is 0 Å². The van der Waals surface area contributed by atoms with Gasteiger partial charge in [0, 0.05) is 13.3 Å². The molecule has 1 N–H and O–H groups in total. The van der Waals surface area contributed by atoms with Gasteiger partial charge < -0.3 is 9.84 Å². The predicted octanol–water partition coefficient (Wildman–Crippen LogP) is 3.94. The van der Waals surface area contributed by atoms with Gasteiger partial charge in [0.05, 0.1) is 5.60 Å². The van der Waals surface area contributed by atoms with Crippen molar-refractivity contribution < 1.29 is 14.6 Å². The summed E-state index contributed by atoms with van der Waals surface area (Å²) in [5.74, 6) is -0.344. The summed E-state index contributed by atoms with van der Waals surface area (Å²) in [6.07, 6.45) is 7.34. The molecule has 0 aliphatic carbocycles. The number of rotatable bonds is 8. The fourth-order valence-electron chi connectivity index (χ4n) is 1.83. The molecular weight excluding hydrogens is 252 g/mol. The van der Waals surface area contributed by atoms with Gasteiger partial charge in [-0.15, -0.1) is 6.58 Å². The Kier molecular flexibility index (Phi) is 8.16. The summed E-state index contributed by atoms with van der Waals surface area (Å²) in [7, 11) is 0. The highest BCUT2D eigenvalue weighted by Gasteiger charge is 2.22. The van der Waals surface area contributed by atoms with E-state index in [-0.39, 0.29) is 5.97 Å². The molecule has 0 aromatic carbocycles. The molecule has 2 atom stereocenters. The molecule has 0 heterocycles. The van der Waals surface area contributed by atoms with Crippen LogP contribution in [0.4, 0.5) is 0 Å². The average molecular weight is 280 g/mol. The summed E-state index contributed by atoms with van der Waals surface area (Å²) in [5.41, 5.74) is 1.40. The van der Waals surface area contributed by atoms with Crippen molar-refractivity contribution in [1.29, 1.82) is 0 Å². The Bertz CT molecular complexity index is 385. The number of esters is 1. The second kappa shape index (κ2) is 8.75. The number of carbonyl (C=O) groups is 1. The lowest BCUT2D eigenvalue weighted by atomic mass is 9.96. The molecule has 0 aliphatic heterocycles. The molecule has 114 valence electrons. The molecule has 0 bridgehead atoms. The van der Waals surface area contributed by atoms with E-state index in [1.807, 2.05) is 13.0 Å². The molecule has 0 saturated carbocycles. The van der Waals surface area contributed by atoms with Gasteiger partial charge in [-0.2, -0.15) is 0 Å². The molecule has 0 saturated heterocycles. The second-order valence-electron chi connectivity index (χ2n) is 5.75. The second-order valence-corrected chi connectivity index (χ2v) is 5.75. The monoisotopic (exact) mass is 280 g/mol. The Morgan fingerprint density at radius 1 is 1.35 bits per heavy atom. The zero-order chi connectivity index (χ0) is 15.8. The first-order valence-corrected chi connectivity index (χ1v) is 7.00. The van der Waals surface area contributed by atoms with Crippen LogP contribution in [0.1, 0.15) is 53.9 Å². The first kappa shape index (κ1) is 18.7. The normalized spacial score (nSPS) is 16.0. The SMILES string of the molecule is C=CC(C)(O)CC(C=C(C)CCC=C(C)C)OC(C)=O. The standard InChI is InChI=1S/C17H28O3/c1-7-17(6,19)12-16(20-15(5)18)11-14(4)10-8-9-13(2)3/h7,9,11,16,19H,1,8,10,12H2,2-6H3. The highest BCUT2D eigenvalue weighted by Crippen LogP contribution is 2.19. The van der Waals surface area contributed by atoms with Gasteiger partial charge in [0.1, 0.15) is 6.10 Å². The molecular formula is C17H28O3. The first-order valence-electron chi connectivity index (χ1n) is 7.00. The number of hydrogen-bond acceptors (Lipinski definition) is 3. The molecule has 3 nitrogen and oxygen atoms in total. The summed E-state index contributed by atoms with van der Waals surface area (Å²) < 4.78 is 5.25. The van der Waals surface area contributed by atoms with Crippen LogP contribution in [0.25, 0.3) is 0 Å². The van der Waals surface area contributed by atoms with Crippen molar-refractivity contribution >= 4 is 5.97 Å². The van der Waals surface area contributed by atoms with Crippen LogP contribution in [-0.2, 0) is 9.53 Å². The lowest BCUT2D eigenvalue weighted by Crippen LogP contribution is -2.29. The van der Waals surface area contributed by atoms with Gasteiger partial charge in [0.15, 0.2) is 0 Å². The fourth-order valence-corrected chi connectivity index (χ4v) is 1.83. The third kappa shape index (κ3) is 9.56. The Morgan fingerprint density at radius 2 is 1.95 bits per heavy atom. The van der Waals surface area contributed by atoms with Crippen LogP contribution < -0.4 is 0 Å². The number of allylic oxidation sites excluding steroid dienone is 3. The van der Waals surface area contributed by atoms with Crippen molar-refractivity contribution in [2.24, 2.45) is 0 Å². The molecule has 0 aliphatic rings. The van der Waals surface area contributed by atoms with E-state index in [9.17, 15) is 9.90 Å². The summed E-state index contributed by atoms with van der Waals surface area (Å²) in [4.78, 5) is 11.1. The van der Waals surface area contributed by atoms with Crippen molar-refractivity contribution in [2.75, 3.05) is 0 Å². The minimum absolute atomic E-state index is 0.316. The van der Waals surface area contributed by atoms with Crippen molar-refractivity contribution in [3.05, 3.63) is 36.0 Å². The number of hydrogen-bond donors (Lipinski definition) is 1. The summed E-state index contributed by atoms with van der Waals surface area (Å²) >= 11 is 0. The minimum atomic E-state index is -1.04. The molecule has 0 aromatic rings. The zero-order valence-electron chi connectivity index (χ0n) is 13.4. The van der Waals surface area contributed by atoms with Crippen molar-refractivity contribution in [1.82, 2.24) is 0 Å². The van der Waals surface area contributed by atoms with E-state index in [0.717, 1.165) is 18.4 Å². The largest absolute Gasteiger partial charge is 0.458 e. The van der Waals surface area contributed by atoms with Gasteiger partial charge >= 0.3 is 5.97 Å². The maximum atomic E-state index is 11.1. The van der Waals surface area contributed by atoms with Crippen LogP contribution in [0.15, 0.2) is 36.0 Å². The van der Waals surface area contributed by atoms with Gasteiger partial charge in [-0.25, -0.2) is 0 Å². The Morgan fingerprint density at radius 3 is 2.40 bits per heavy atom. The van der Waals surface area contributed by atoms with E-state index in [0.29, 0.717) is 6.42 Å². The predicted molar refractivity (Wildman–Crippen MR) is 83.4 cm³/mol. The topological polar surface area (TPSA) is 46.5 Å². The minimum Gasteiger partial charge on any atom is -0.458 e. The Balaban J connectivity index is 4.73. The van der Waals surface area contributed by atoms with Gasteiger partial charge in [0.2, 0.25) is 0 Å². The molecule has 20 heavy (non-hydrogen) atoms. The van der Waals surface area contributed by atoms with Crippen LogP contribution >= 0.6 is 0 Å². The maximum Gasteiger partial charge on any atom is 0.303 e. The molecule has 0 rings (SSSR count). The Labute approximate surface area is 123 Å². The average Bonchev–Trinajstić information content (AvgIpc) is 2.26. The van der Waals surface area contributed by atoms with E-state index < -0.39 is 11.7 Å². The summed E-state index contributed by atoms with van der Waals surface area (Å²) in [5, 5.41) is 10.0. The van der Waals surface area contributed by atoms with Gasteiger partial charge in [-0.1, -0.05) is 23.3 Å². The molecule has 3 heteroatoms. The summed E-state index contributed by atoms with van der Waals surface area (Å²) in [6.45, 7) is 12.8. The zero-order valence-corrected chi connectivity index (χ0v) is 13.4. The number of carbonyl (C=O) groups excluding carboxylic acids is 1. The third-order valence-electron chi connectivity index (χ3n) is 2.93. The molecule has 0 fully saturated rings. The fraction of sp³-hybridized carbons (Fsp3) is 0.588. The number of aliphatic hydroxyl groups is 1. The van der Waals surface area contributed by atoms with Gasteiger partial charge in [-0.05, 0) is 46.6 Å². The maximum absolute atomic E-state index is 11.1. The van der Waals surface area contributed by atoms with Crippen LogP contribution in [0.5, 0.6) is 0 Å². The van der Waals surface area contributed by atoms with E-state index in [4.69, 9.17) is 4.74 Å². The van der Waals surface area contributed by atoms with Gasteiger partial charge in [0.25, 0.3) is 0 Å². The van der Waals surface area contributed by atoms with Crippen molar-refractivity contribution in [3.63, 3.8) is 0 Å². The van der Waals surface area contributed by atoms with Crippen LogP contribution in [0.3, 0.4) is 0 Å². The van der Waals surface area contributed by atoms with Crippen LogP contribution in [0, 0.1) is 0 Å². The molecule has 0 spiro atoms. The van der Waals surface area contributed by atoms with E-state index in [2.05, 4.69) is 26.5 Å². The molecule has 2 unspecified atom stereocenters. The lowest BCUT2D eigenvalue weighted by molar-refractivity contribution is -0.145. The highest BCUT2D eigenvalue weighted by molar-refractivity contribution is 5.66. The van der Waals surface area contributed by atoms with E-state index in [1.54, 1.807) is 6.92 Å². The molecule has 0 aromatic heterocycles. The van der Waals surface area contributed by atoms with Gasteiger partial charge in [-0.3, -0.25) is 4.79 Å². The van der Waals surface area contributed by atoms with Crippen molar-refractivity contribution in [2.45, 2.75) is 65.6 Å². The molecule has 0 amide bonds. The number of ether oxygens (including phenoxy) is 1. The highest BCUT2D eigenvalue weighted by atomic mass is 16.5.